The fraction of sp³-hybridized carbons (Fsp3) is 0.400. The maximum absolute atomic E-state index is 13.9. The van der Waals surface area contributed by atoms with E-state index in [0.717, 1.165) is 29.5 Å². The summed E-state index contributed by atoms with van der Waals surface area (Å²) in [5, 5.41) is 20.1. The van der Waals surface area contributed by atoms with E-state index >= 15 is 0 Å². The lowest BCUT2D eigenvalue weighted by molar-refractivity contribution is -0.147. The first-order valence-corrected chi connectivity index (χ1v) is 16.4. The maximum Gasteiger partial charge on any atom is 0.319 e. The normalized spacial score (nSPS) is 16.8. The van der Waals surface area contributed by atoms with Crippen LogP contribution >= 0.6 is 11.8 Å². The lowest BCUT2D eigenvalue weighted by Crippen LogP contribution is -2.59. The van der Waals surface area contributed by atoms with Crippen LogP contribution in [-0.2, 0) is 22.6 Å². The fourth-order valence-corrected chi connectivity index (χ4v) is 6.40. The van der Waals surface area contributed by atoms with Gasteiger partial charge in [-0.25, -0.2) is 4.79 Å². The van der Waals surface area contributed by atoms with Crippen LogP contribution in [0.5, 0.6) is 5.75 Å². The third-order valence-electron chi connectivity index (χ3n) is 7.92. The molecule has 0 spiro atoms. The number of amides is 4. The van der Waals surface area contributed by atoms with Gasteiger partial charge in [-0.2, -0.15) is 0 Å². The van der Waals surface area contributed by atoms with Gasteiger partial charge < -0.3 is 30.7 Å². The van der Waals surface area contributed by atoms with Gasteiger partial charge in [-0.3, -0.25) is 9.59 Å². The topological polar surface area (TPSA) is 120 Å². The smallest absolute Gasteiger partial charge is 0.319 e. The molecule has 45 heavy (non-hydrogen) atoms. The number of anilines is 1. The van der Waals surface area contributed by atoms with E-state index in [2.05, 4.69) is 22.9 Å². The van der Waals surface area contributed by atoms with Crippen molar-refractivity contribution in [1.82, 2.24) is 15.5 Å². The van der Waals surface area contributed by atoms with Crippen molar-refractivity contribution in [3.63, 3.8) is 0 Å². The van der Waals surface area contributed by atoms with E-state index in [4.69, 9.17) is 4.74 Å². The first-order valence-electron chi connectivity index (χ1n) is 15.4. The number of nitrogens with zero attached hydrogens (tertiary/aromatic N) is 1. The second kappa shape index (κ2) is 15.8. The lowest BCUT2D eigenvalue weighted by Gasteiger charge is -2.33. The van der Waals surface area contributed by atoms with E-state index in [1.165, 1.54) is 16.7 Å². The Balaban J connectivity index is 1.46. The Morgan fingerprint density at radius 2 is 1.71 bits per heavy atom. The molecule has 0 bridgehead atoms. The van der Waals surface area contributed by atoms with Crippen molar-refractivity contribution in [2.24, 2.45) is 0 Å². The predicted molar refractivity (Wildman–Crippen MR) is 179 cm³/mol. The zero-order valence-electron chi connectivity index (χ0n) is 26.4. The van der Waals surface area contributed by atoms with Crippen LogP contribution in [0, 0.1) is 6.92 Å². The summed E-state index contributed by atoms with van der Waals surface area (Å²) < 4.78 is 5.11. The van der Waals surface area contributed by atoms with Gasteiger partial charge in [0.15, 0.2) is 6.10 Å². The van der Waals surface area contributed by atoms with Crippen LogP contribution in [0.25, 0.3) is 0 Å². The molecule has 0 aromatic heterocycles. The Hall–Kier alpha value is -4.02. The summed E-state index contributed by atoms with van der Waals surface area (Å²) in [5.41, 5.74) is 3.43. The monoisotopic (exact) mass is 632 g/mol. The molecule has 1 aliphatic rings. The second-order valence-electron chi connectivity index (χ2n) is 11.8. The first kappa shape index (κ1) is 33.9. The van der Waals surface area contributed by atoms with Gasteiger partial charge in [0.05, 0.1) is 18.5 Å². The molecule has 9 nitrogen and oxygen atoms in total. The van der Waals surface area contributed by atoms with E-state index in [1.54, 1.807) is 24.3 Å². The number of carbonyl (C=O) groups excluding carboxylic acids is 3. The highest BCUT2D eigenvalue weighted by Gasteiger charge is 2.49. The molecule has 3 atom stereocenters. The number of unbranched alkanes of at least 4 members (excludes halogenated alkanes) is 1. The summed E-state index contributed by atoms with van der Waals surface area (Å²) in [6.45, 7) is 8.87. The maximum atomic E-state index is 13.9. The Morgan fingerprint density at radius 1 is 1.02 bits per heavy atom. The van der Waals surface area contributed by atoms with Gasteiger partial charge in [0, 0.05) is 17.0 Å². The Kier molecular flexibility index (Phi) is 11.9. The zero-order chi connectivity index (χ0) is 32.4. The van der Waals surface area contributed by atoms with Crippen molar-refractivity contribution in [2.45, 2.75) is 76.4 Å². The van der Waals surface area contributed by atoms with E-state index in [-0.39, 0.29) is 18.2 Å². The van der Waals surface area contributed by atoms with Gasteiger partial charge in [-0.05, 0) is 74.6 Å². The summed E-state index contributed by atoms with van der Waals surface area (Å²) in [7, 11) is 0. The van der Waals surface area contributed by atoms with Gasteiger partial charge in [0.1, 0.15) is 11.8 Å². The number of carbonyl (C=O) groups is 3. The number of hydrogen-bond donors (Lipinski definition) is 4. The number of aliphatic hydroxyl groups excluding tert-OH is 1. The number of hydrogen-bond acceptors (Lipinski definition) is 6. The third-order valence-corrected chi connectivity index (χ3v) is 9.29. The molecule has 4 rings (SSSR count). The van der Waals surface area contributed by atoms with Crippen molar-refractivity contribution in [2.75, 3.05) is 17.8 Å². The highest BCUT2D eigenvalue weighted by atomic mass is 32.2. The highest BCUT2D eigenvalue weighted by Crippen LogP contribution is 2.40. The molecule has 240 valence electrons. The lowest BCUT2D eigenvalue weighted by atomic mass is 9.97. The van der Waals surface area contributed by atoms with Crippen LogP contribution in [0.2, 0.25) is 0 Å². The minimum absolute atomic E-state index is 0.208. The van der Waals surface area contributed by atoms with Gasteiger partial charge in [0.2, 0.25) is 5.91 Å². The second-order valence-corrected chi connectivity index (χ2v) is 13.4. The number of aliphatic hydroxyl groups is 1. The van der Waals surface area contributed by atoms with Crippen LogP contribution in [-0.4, -0.2) is 63.3 Å². The molecule has 4 N–H and O–H groups in total. The summed E-state index contributed by atoms with van der Waals surface area (Å²) in [6, 6.07) is 21.8. The molecule has 10 heteroatoms. The van der Waals surface area contributed by atoms with Gasteiger partial charge in [0.25, 0.3) is 5.91 Å². The number of rotatable bonds is 13. The van der Waals surface area contributed by atoms with Crippen molar-refractivity contribution in [1.29, 1.82) is 0 Å². The van der Waals surface area contributed by atoms with E-state index < -0.39 is 34.9 Å². The predicted octanol–water partition coefficient (Wildman–Crippen LogP) is 5.26. The molecule has 1 heterocycles. The molecular formula is C35H44N4O5S. The molecule has 0 saturated carbocycles. The molecule has 0 unspecified atom stereocenters. The summed E-state index contributed by atoms with van der Waals surface area (Å²) in [5.74, 6) is 0.0453. The Labute approximate surface area is 270 Å². The quantitative estimate of drug-likeness (QED) is 0.191. The molecule has 1 aliphatic heterocycles. The largest absolute Gasteiger partial charge is 0.494 e. The van der Waals surface area contributed by atoms with Crippen LogP contribution in [0.3, 0.4) is 0 Å². The minimum atomic E-state index is -1.59. The SMILES string of the molecule is CCCCOc1ccc(NC(=O)N[C@@H](Cc2ccccc2)[C@H](O)C(=O)N2CSC(C)(C)[C@H]2C(=O)NCc2ccccc2C)cc1. The Bertz CT molecular complexity index is 1430. The van der Waals surface area contributed by atoms with E-state index in [1.807, 2.05) is 75.4 Å². The number of nitrogens with one attached hydrogen (secondary N) is 3. The molecule has 0 radical (unpaired) electrons. The van der Waals surface area contributed by atoms with Gasteiger partial charge in [-0.1, -0.05) is 67.9 Å². The molecule has 1 fully saturated rings. The molecule has 1 saturated heterocycles. The van der Waals surface area contributed by atoms with Crippen LogP contribution in [0.4, 0.5) is 10.5 Å². The van der Waals surface area contributed by atoms with Crippen molar-refractivity contribution < 1.29 is 24.2 Å². The van der Waals surface area contributed by atoms with E-state index in [9.17, 15) is 19.5 Å². The first-order chi connectivity index (χ1) is 21.6. The van der Waals surface area contributed by atoms with Crippen molar-refractivity contribution in [3.8, 4) is 5.75 Å². The number of benzene rings is 3. The minimum Gasteiger partial charge on any atom is -0.494 e. The van der Waals surface area contributed by atoms with Crippen LogP contribution < -0.4 is 20.7 Å². The summed E-state index contributed by atoms with van der Waals surface area (Å²) >= 11 is 1.48. The average Bonchev–Trinajstić information content (AvgIpc) is 3.35. The molecule has 3 aromatic rings. The van der Waals surface area contributed by atoms with Crippen LogP contribution in [0.15, 0.2) is 78.9 Å². The zero-order valence-corrected chi connectivity index (χ0v) is 27.2. The fourth-order valence-electron chi connectivity index (χ4n) is 5.26. The molecule has 4 amide bonds. The van der Waals surface area contributed by atoms with Crippen molar-refractivity contribution in [3.05, 3.63) is 95.6 Å². The van der Waals surface area contributed by atoms with Gasteiger partial charge >= 0.3 is 6.03 Å². The number of thioether (sulfide) groups is 1. The average molecular weight is 633 g/mol. The molecule has 0 aliphatic carbocycles. The molecular weight excluding hydrogens is 588 g/mol. The molecule has 3 aromatic carbocycles. The van der Waals surface area contributed by atoms with Gasteiger partial charge in [-0.15, -0.1) is 11.8 Å². The van der Waals surface area contributed by atoms with E-state index in [0.29, 0.717) is 24.6 Å². The standard InChI is InChI=1S/C35H44N4O5S/c1-5-6-20-44-28-18-16-27(17-19-28)37-34(43)38-29(21-25-13-8-7-9-14-25)30(40)33(42)39-23-45-35(3,4)31(39)32(41)36-22-26-15-11-10-12-24(26)2/h7-19,29-31,40H,5-6,20-23H2,1-4H3,(H,36,41)(H2,37,38,43)/t29-,30-,31+/m0/s1. The summed E-state index contributed by atoms with van der Waals surface area (Å²) in [4.78, 5) is 42.0. The van der Waals surface area contributed by atoms with Crippen LogP contribution in [0.1, 0.15) is 50.3 Å². The number of urea groups is 1. The summed E-state index contributed by atoms with van der Waals surface area (Å²) in [6.07, 6.45) is 0.610. The highest BCUT2D eigenvalue weighted by molar-refractivity contribution is 8.00. The number of aryl methyl sites for hydroxylation is 1. The Morgan fingerprint density at radius 3 is 2.40 bits per heavy atom. The third kappa shape index (κ3) is 9.25. The number of ether oxygens (including phenoxy) is 1. The van der Waals surface area contributed by atoms with Crippen molar-refractivity contribution >= 4 is 35.3 Å².